The van der Waals surface area contributed by atoms with Gasteiger partial charge in [0.15, 0.2) is 0 Å². The summed E-state index contributed by atoms with van der Waals surface area (Å²) in [5, 5.41) is 5.06. The number of nitrogens with zero attached hydrogens (tertiary/aromatic N) is 2. The number of urea groups is 1. The summed E-state index contributed by atoms with van der Waals surface area (Å²) in [5.74, 6) is 0.668. The van der Waals surface area contributed by atoms with Gasteiger partial charge in [0.05, 0.1) is 6.54 Å². The molecule has 2 N–H and O–H groups in total. The Hall–Kier alpha value is -1.63. The smallest absolute Gasteiger partial charge is 0.321 e. The summed E-state index contributed by atoms with van der Waals surface area (Å²) in [6.45, 7) is 8.42. The molecule has 2 rings (SSSR count). The summed E-state index contributed by atoms with van der Waals surface area (Å²) in [6.07, 6.45) is 6.85. The van der Waals surface area contributed by atoms with Crippen LogP contribution in [0.4, 0.5) is 4.79 Å². The van der Waals surface area contributed by atoms with E-state index >= 15 is 0 Å². The molecule has 0 aromatic carbocycles. The maximum absolute atomic E-state index is 12.3. The van der Waals surface area contributed by atoms with Crippen molar-refractivity contribution >= 4 is 17.8 Å². The molecular formula is C19H34N4O3. The molecule has 26 heavy (non-hydrogen) atoms. The van der Waals surface area contributed by atoms with E-state index in [1.807, 2.05) is 30.6 Å². The Kier molecular flexibility index (Phi) is 7.43. The second-order valence-electron chi connectivity index (χ2n) is 8.60. The molecule has 0 atom stereocenters. The molecule has 2 aliphatic rings. The molecule has 0 bridgehead atoms. The van der Waals surface area contributed by atoms with Crippen LogP contribution in [-0.4, -0.2) is 65.9 Å². The molecule has 0 unspecified atom stereocenters. The van der Waals surface area contributed by atoms with Gasteiger partial charge in [-0.25, -0.2) is 4.79 Å². The summed E-state index contributed by atoms with van der Waals surface area (Å²) >= 11 is 0. The van der Waals surface area contributed by atoms with Gasteiger partial charge in [-0.15, -0.1) is 0 Å². The van der Waals surface area contributed by atoms with E-state index in [-0.39, 0.29) is 23.9 Å². The number of carbonyl (C=O) groups is 3. The molecule has 1 saturated carbocycles. The first kappa shape index (κ1) is 20.7. The molecule has 148 valence electrons. The second kappa shape index (κ2) is 9.35. The second-order valence-corrected chi connectivity index (χ2v) is 8.60. The first-order chi connectivity index (χ1) is 12.2. The molecular weight excluding hydrogens is 332 g/mol. The zero-order valence-corrected chi connectivity index (χ0v) is 16.5. The van der Waals surface area contributed by atoms with Crippen molar-refractivity contribution in [2.24, 2.45) is 5.92 Å². The van der Waals surface area contributed by atoms with Crippen LogP contribution in [0.15, 0.2) is 0 Å². The number of hydrogen-bond acceptors (Lipinski definition) is 4. The minimum Gasteiger partial charge on any atom is -0.340 e. The van der Waals surface area contributed by atoms with Gasteiger partial charge in [0.2, 0.25) is 11.8 Å². The zero-order valence-electron chi connectivity index (χ0n) is 16.5. The Labute approximate surface area is 156 Å². The molecule has 0 spiro atoms. The number of hydrogen-bond donors (Lipinski definition) is 2. The van der Waals surface area contributed by atoms with Crippen LogP contribution in [0.1, 0.15) is 59.3 Å². The van der Waals surface area contributed by atoms with Crippen molar-refractivity contribution < 1.29 is 14.4 Å². The average Bonchev–Trinajstić information content (AvgIpc) is 3.04. The van der Waals surface area contributed by atoms with E-state index in [9.17, 15) is 14.4 Å². The summed E-state index contributed by atoms with van der Waals surface area (Å²) in [7, 11) is 0. The molecule has 1 heterocycles. The quantitative estimate of drug-likeness (QED) is 0.776. The van der Waals surface area contributed by atoms with Crippen molar-refractivity contribution in [2.75, 3.05) is 32.7 Å². The summed E-state index contributed by atoms with van der Waals surface area (Å²) in [5.41, 5.74) is -0.380. The van der Waals surface area contributed by atoms with E-state index in [2.05, 4.69) is 10.6 Å². The number of rotatable bonds is 5. The maximum Gasteiger partial charge on any atom is 0.321 e. The van der Waals surface area contributed by atoms with Gasteiger partial charge in [-0.2, -0.15) is 0 Å². The molecule has 1 saturated heterocycles. The van der Waals surface area contributed by atoms with Gasteiger partial charge in [-0.1, -0.05) is 25.7 Å². The molecule has 0 radical (unpaired) electrons. The molecule has 7 nitrogen and oxygen atoms in total. The predicted octanol–water partition coefficient (Wildman–Crippen LogP) is 1.73. The first-order valence-electron chi connectivity index (χ1n) is 9.85. The highest BCUT2D eigenvalue weighted by Crippen LogP contribution is 2.28. The van der Waals surface area contributed by atoms with Crippen molar-refractivity contribution in [3.63, 3.8) is 0 Å². The van der Waals surface area contributed by atoms with Crippen LogP contribution in [0.5, 0.6) is 0 Å². The highest BCUT2D eigenvalue weighted by atomic mass is 16.2. The number of amides is 4. The Morgan fingerprint density at radius 1 is 1.00 bits per heavy atom. The van der Waals surface area contributed by atoms with Crippen LogP contribution in [0.3, 0.4) is 0 Å². The summed E-state index contributed by atoms with van der Waals surface area (Å²) in [4.78, 5) is 39.9. The largest absolute Gasteiger partial charge is 0.340 e. The minimum atomic E-state index is -0.469. The normalized spacial score (nSPS) is 19.4. The summed E-state index contributed by atoms with van der Waals surface area (Å²) < 4.78 is 0. The fourth-order valence-electron chi connectivity index (χ4n) is 3.68. The fourth-order valence-corrected chi connectivity index (χ4v) is 3.68. The van der Waals surface area contributed by atoms with E-state index in [1.165, 1.54) is 25.7 Å². The van der Waals surface area contributed by atoms with Gasteiger partial charge in [-0.3, -0.25) is 19.8 Å². The molecule has 4 amide bonds. The number of imide groups is 1. The van der Waals surface area contributed by atoms with E-state index < -0.39 is 6.03 Å². The van der Waals surface area contributed by atoms with Crippen molar-refractivity contribution in [1.29, 1.82) is 0 Å². The SMILES string of the molecule is CC(C)(C)NC(=O)NC(=O)CN1CCN(C(=O)CCC2CCCC2)CC1. The molecule has 0 aromatic heterocycles. The molecule has 7 heteroatoms. The lowest BCUT2D eigenvalue weighted by Crippen LogP contribution is -2.53. The third-order valence-electron chi connectivity index (χ3n) is 5.07. The molecule has 0 aromatic rings. The van der Waals surface area contributed by atoms with E-state index in [1.54, 1.807) is 0 Å². The standard InChI is InChI=1S/C19H34N4O3/c1-19(2,3)21-18(26)20-16(24)14-22-10-12-23(13-11-22)17(25)9-8-15-6-4-5-7-15/h15H,4-14H2,1-3H3,(H2,20,21,24,26). The number of piperazine rings is 1. The lowest BCUT2D eigenvalue weighted by molar-refractivity contribution is -0.133. The lowest BCUT2D eigenvalue weighted by Gasteiger charge is -2.34. The van der Waals surface area contributed by atoms with Crippen LogP contribution in [-0.2, 0) is 9.59 Å². The third kappa shape index (κ3) is 7.32. The highest BCUT2D eigenvalue weighted by molar-refractivity contribution is 5.95. The van der Waals surface area contributed by atoms with Gasteiger partial charge < -0.3 is 10.2 Å². The van der Waals surface area contributed by atoms with Gasteiger partial charge in [0, 0.05) is 38.1 Å². The summed E-state index contributed by atoms with van der Waals surface area (Å²) in [6, 6.07) is -0.469. The minimum absolute atomic E-state index is 0.182. The van der Waals surface area contributed by atoms with Crippen LogP contribution in [0, 0.1) is 5.92 Å². The van der Waals surface area contributed by atoms with Crippen LogP contribution in [0.2, 0.25) is 0 Å². The maximum atomic E-state index is 12.3. The van der Waals surface area contributed by atoms with Gasteiger partial charge in [0.1, 0.15) is 0 Å². The topological polar surface area (TPSA) is 81.8 Å². The third-order valence-corrected chi connectivity index (χ3v) is 5.07. The van der Waals surface area contributed by atoms with E-state index in [4.69, 9.17) is 0 Å². The Bertz CT molecular complexity index is 501. The van der Waals surface area contributed by atoms with Crippen LogP contribution >= 0.6 is 0 Å². The van der Waals surface area contributed by atoms with Crippen molar-refractivity contribution in [2.45, 2.75) is 64.8 Å². The van der Waals surface area contributed by atoms with E-state index in [0.717, 1.165) is 12.3 Å². The number of nitrogens with one attached hydrogen (secondary N) is 2. The molecule has 1 aliphatic heterocycles. The van der Waals surface area contributed by atoms with Gasteiger partial charge in [0.25, 0.3) is 0 Å². The van der Waals surface area contributed by atoms with Crippen LogP contribution < -0.4 is 10.6 Å². The van der Waals surface area contributed by atoms with Crippen LogP contribution in [0.25, 0.3) is 0 Å². The monoisotopic (exact) mass is 366 g/mol. The highest BCUT2D eigenvalue weighted by Gasteiger charge is 2.24. The van der Waals surface area contributed by atoms with Crippen molar-refractivity contribution in [1.82, 2.24) is 20.4 Å². The van der Waals surface area contributed by atoms with E-state index in [0.29, 0.717) is 32.6 Å². The van der Waals surface area contributed by atoms with Crippen molar-refractivity contribution in [3.8, 4) is 0 Å². The van der Waals surface area contributed by atoms with Gasteiger partial charge in [-0.05, 0) is 33.1 Å². The average molecular weight is 367 g/mol. The lowest BCUT2D eigenvalue weighted by atomic mass is 10.0. The Balaban J connectivity index is 1.63. The van der Waals surface area contributed by atoms with Crippen molar-refractivity contribution in [3.05, 3.63) is 0 Å². The Morgan fingerprint density at radius 3 is 2.19 bits per heavy atom. The first-order valence-corrected chi connectivity index (χ1v) is 9.85. The zero-order chi connectivity index (χ0) is 19.2. The fraction of sp³-hybridized carbons (Fsp3) is 0.842. The molecule has 2 fully saturated rings. The predicted molar refractivity (Wildman–Crippen MR) is 101 cm³/mol. The Morgan fingerprint density at radius 2 is 1.62 bits per heavy atom. The number of carbonyl (C=O) groups excluding carboxylic acids is 3. The molecule has 1 aliphatic carbocycles. The van der Waals surface area contributed by atoms with Gasteiger partial charge >= 0.3 is 6.03 Å².